The van der Waals surface area contributed by atoms with E-state index in [4.69, 9.17) is 9.47 Å². The molecule has 0 aromatic heterocycles. The lowest BCUT2D eigenvalue weighted by atomic mass is 9.87. The number of ether oxygens (including phenoxy) is 2. The van der Waals surface area contributed by atoms with Crippen molar-refractivity contribution in [2.75, 3.05) is 33.9 Å². The summed E-state index contributed by atoms with van der Waals surface area (Å²) in [4.78, 5) is 27.9. The molecular weight excluding hydrogens is 392 g/mol. The second-order valence-corrected chi connectivity index (χ2v) is 7.93. The Kier molecular flexibility index (Phi) is 7.93. The van der Waals surface area contributed by atoms with Crippen molar-refractivity contribution in [1.82, 2.24) is 10.2 Å². The van der Waals surface area contributed by atoms with Crippen LogP contribution in [0, 0.1) is 5.92 Å². The number of nitrogens with one attached hydrogen (secondary N) is 1. The SMILES string of the molecule is CCCCNC(=O)C1CN(C(=O)Cc2ccccc2)CC1c1cc(OC)ccc1OC. The Labute approximate surface area is 184 Å². The topological polar surface area (TPSA) is 67.9 Å². The Morgan fingerprint density at radius 3 is 2.52 bits per heavy atom. The van der Waals surface area contributed by atoms with Gasteiger partial charge in [-0.3, -0.25) is 9.59 Å². The van der Waals surface area contributed by atoms with E-state index in [0.29, 0.717) is 37.6 Å². The van der Waals surface area contributed by atoms with Crippen LogP contribution in [0.5, 0.6) is 11.5 Å². The van der Waals surface area contributed by atoms with Gasteiger partial charge in [-0.15, -0.1) is 0 Å². The number of carbonyl (C=O) groups excluding carboxylic acids is 2. The molecule has 6 nitrogen and oxygen atoms in total. The number of amides is 2. The maximum atomic E-state index is 13.1. The molecule has 1 aliphatic rings. The molecule has 1 saturated heterocycles. The predicted octanol–water partition coefficient (Wildman–Crippen LogP) is 3.40. The van der Waals surface area contributed by atoms with Crippen molar-refractivity contribution in [1.29, 1.82) is 0 Å². The van der Waals surface area contributed by atoms with Gasteiger partial charge in [0.05, 0.1) is 26.6 Å². The summed E-state index contributed by atoms with van der Waals surface area (Å²) in [6.45, 7) is 3.61. The molecule has 0 bridgehead atoms. The second-order valence-electron chi connectivity index (χ2n) is 7.93. The summed E-state index contributed by atoms with van der Waals surface area (Å²) >= 11 is 0. The highest BCUT2D eigenvalue weighted by Crippen LogP contribution is 2.39. The van der Waals surface area contributed by atoms with Crippen molar-refractivity contribution < 1.29 is 19.1 Å². The van der Waals surface area contributed by atoms with Gasteiger partial charge in [-0.25, -0.2) is 0 Å². The van der Waals surface area contributed by atoms with E-state index in [1.807, 2.05) is 48.5 Å². The van der Waals surface area contributed by atoms with Crippen molar-refractivity contribution in [2.45, 2.75) is 32.1 Å². The summed E-state index contributed by atoms with van der Waals surface area (Å²) in [6, 6.07) is 15.3. The van der Waals surface area contributed by atoms with Crippen LogP contribution in [0.1, 0.15) is 36.8 Å². The van der Waals surface area contributed by atoms with Crippen LogP contribution in [0.2, 0.25) is 0 Å². The third-order valence-electron chi connectivity index (χ3n) is 5.87. The minimum Gasteiger partial charge on any atom is -0.497 e. The fourth-order valence-corrected chi connectivity index (χ4v) is 4.12. The average Bonchev–Trinajstić information content (AvgIpc) is 3.25. The van der Waals surface area contributed by atoms with E-state index in [1.54, 1.807) is 19.1 Å². The highest BCUT2D eigenvalue weighted by molar-refractivity contribution is 5.84. The molecule has 0 saturated carbocycles. The standard InChI is InChI=1S/C25H32N2O4/c1-4-5-13-26-25(29)22-17-27(24(28)14-18-9-7-6-8-10-18)16-21(22)20-15-19(30-2)11-12-23(20)31-3/h6-12,15,21-22H,4-5,13-14,16-17H2,1-3H3,(H,26,29). The highest BCUT2D eigenvalue weighted by atomic mass is 16.5. The van der Waals surface area contributed by atoms with E-state index in [-0.39, 0.29) is 23.7 Å². The zero-order chi connectivity index (χ0) is 22.2. The third-order valence-corrected chi connectivity index (χ3v) is 5.87. The predicted molar refractivity (Wildman–Crippen MR) is 120 cm³/mol. The first-order chi connectivity index (χ1) is 15.1. The van der Waals surface area contributed by atoms with Gasteiger partial charge in [0, 0.05) is 31.1 Å². The number of carbonyl (C=O) groups is 2. The lowest BCUT2D eigenvalue weighted by molar-refractivity contribution is -0.130. The van der Waals surface area contributed by atoms with Crippen molar-refractivity contribution in [3.8, 4) is 11.5 Å². The number of likely N-dealkylation sites (tertiary alicyclic amines) is 1. The van der Waals surface area contributed by atoms with E-state index in [9.17, 15) is 9.59 Å². The molecule has 0 radical (unpaired) electrons. The first-order valence-corrected chi connectivity index (χ1v) is 10.9. The number of benzene rings is 2. The zero-order valence-electron chi connectivity index (χ0n) is 18.6. The van der Waals surface area contributed by atoms with Crippen LogP contribution in [0.3, 0.4) is 0 Å². The van der Waals surface area contributed by atoms with Crippen molar-refractivity contribution in [3.63, 3.8) is 0 Å². The normalized spacial score (nSPS) is 18.0. The van der Waals surface area contributed by atoms with Crippen LogP contribution >= 0.6 is 0 Å². The van der Waals surface area contributed by atoms with Crippen molar-refractivity contribution in [2.24, 2.45) is 5.92 Å². The average molecular weight is 425 g/mol. The molecule has 1 N–H and O–H groups in total. The summed E-state index contributed by atoms with van der Waals surface area (Å²) < 4.78 is 11.0. The molecule has 3 rings (SSSR count). The summed E-state index contributed by atoms with van der Waals surface area (Å²) in [7, 11) is 3.24. The van der Waals surface area contributed by atoms with Gasteiger partial charge in [0.1, 0.15) is 11.5 Å². The molecule has 1 heterocycles. The number of nitrogens with zero attached hydrogens (tertiary/aromatic N) is 1. The number of hydrogen-bond acceptors (Lipinski definition) is 4. The quantitative estimate of drug-likeness (QED) is 0.627. The second kappa shape index (κ2) is 10.8. The molecule has 2 amide bonds. The number of methoxy groups -OCH3 is 2. The Balaban J connectivity index is 1.85. The Morgan fingerprint density at radius 1 is 1.06 bits per heavy atom. The number of hydrogen-bond donors (Lipinski definition) is 1. The van der Waals surface area contributed by atoms with Gasteiger partial charge < -0.3 is 19.7 Å². The molecule has 2 atom stereocenters. The first-order valence-electron chi connectivity index (χ1n) is 10.9. The van der Waals surface area contributed by atoms with Gasteiger partial charge in [-0.05, 0) is 30.2 Å². The minimum absolute atomic E-state index is 0.0154. The lowest BCUT2D eigenvalue weighted by Crippen LogP contribution is -2.36. The Morgan fingerprint density at radius 2 is 1.84 bits per heavy atom. The van der Waals surface area contributed by atoms with E-state index < -0.39 is 0 Å². The van der Waals surface area contributed by atoms with Crippen LogP contribution < -0.4 is 14.8 Å². The molecule has 2 unspecified atom stereocenters. The largest absolute Gasteiger partial charge is 0.497 e. The first kappa shape index (κ1) is 22.7. The lowest BCUT2D eigenvalue weighted by Gasteiger charge is -2.21. The van der Waals surface area contributed by atoms with Gasteiger partial charge in [-0.1, -0.05) is 43.7 Å². The number of rotatable bonds is 9. The Hall–Kier alpha value is -3.02. The van der Waals surface area contributed by atoms with E-state index in [1.165, 1.54) is 0 Å². The fraction of sp³-hybridized carbons (Fsp3) is 0.440. The molecule has 1 fully saturated rings. The highest BCUT2D eigenvalue weighted by Gasteiger charge is 2.41. The Bertz CT molecular complexity index is 884. The van der Waals surface area contributed by atoms with Crippen LogP contribution in [-0.4, -0.2) is 50.6 Å². The van der Waals surface area contributed by atoms with Gasteiger partial charge in [0.2, 0.25) is 11.8 Å². The third kappa shape index (κ3) is 5.57. The van der Waals surface area contributed by atoms with Crippen LogP contribution in [0.15, 0.2) is 48.5 Å². The summed E-state index contributed by atoms with van der Waals surface area (Å²) in [5.41, 5.74) is 1.87. The van der Waals surface area contributed by atoms with Gasteiger partial charge in [0.25, 0.3) is 0 Å². The molecule has 6 heteroatoms. The van der Waals surface area contributed by atoms with Crippen LogP contribution in [0.25, 0.3) is 0 Å². The summed E-state index contributed by atoms with van der Waals surface area (Å²) in [5.74, 6) is 0.925. The molecule has 0 spiro atoms. The van der Waals surface area contributed by atoms with Gasteiger partial charge in [0.15, 0.2) is 0 Å². The fourth-order valence-electron chi connectivity index (χ4n) is 4.12. The maximum Gasteiger partial charge on any atom is 0.227 e. The van der Waals surface area contributed by atoms with Gasteiger partial charge >= 0.3 is 0 Å². The number of unbranched alkanes of at least 4 members (excludes halogenated alkanes) is 1. The van der Waals surface area contributed by atoms with Crippen molar-refractivity contribution >= 4 is 11.8 Å². The maximum absolute atomic E-state index is 13.1. The van der Waals surface area contributed by atoms with E-state index >= 15 is 0 Å². The van der Waals surface area contributed by atoms with Crippen molar-refractivity contribution in [3.05, 3.63) is 59.7 Å². The summed E-state index contributed by atoms with van der Waals surface area (Å²) in [6.07, 6.45) is 2.27. The molecule has 2 aromatic rings. The van der Waals surface area contributed by atoms with Crippen LogP contribution in [-0.2, 0) is 16.0 Å². The molecule has 31 heavy (non-hydrogen) atoms. The smallest absolute Gasteiger partial charge is 0.227 e. The van der Waals surface area contributed by atoms with E-state index in [2.05, 4.69) is 12.2 Å². The summed E-state index contributed by atoms with van der Waals surface area (Å²) in [5, 5.41) is 3.05. The van der Waals surface area contributed by atoms with E-state index in [0.717, 1.165) is 24.0 Å². The van der Waals surface area contributed by atoms with Crippen LogP contribution in [0.4, 0.5) is 0 Å². The zero-order valence-corrected chi connectivity index (χ0v) is 18.6. The molecule has 166 valence electrons. The van der Waals surface area contributed by atoms with Gasteiger partial charge in [-0.2, -0.15) is 0 Å². The molecular formula is C25H32N2O4. The molecule has 2 aromatic carbocycles. The molecule has 1 aliphatic heterocycles. The molecule has 0 aliphatic carbocycles. The monoisotopic (exact) mass is 424 g/mol. The minimum atomic E-state index is -0.336.